The third kappa shape index (κ3) is 7.51. The fraction of sp³-hybridized carbons (Fsp3) is 0.348. The van der Waals surface area contributed by atoms with Gasteiger partial charge in [0.25, 0.3) is 0 Å². The first-order chi connectivity index (χ1) is 14.9. The Morgan fingerprint density at radius 1 is 0.968 bits per heavy atom. The van der Waals surface area contributed by atoms with Crippen LogP contribution < -0.4 is 16.2 Å². The van der Waals surface area contributed by atoms with Gasteiger partial charge in [-0.25, -0.2) is 14.5 Å². The number of para-hydroxylation sites is 1. The molecule has 0 fully saturated rings. The quantitative estimate of drug-likeness (QED) is 0.339. The Labute approximate surface area is 182 Å². The fourth-order valence-corrected chi connectivity index (χ4v) is 2.89. The number of ether oxygens (including phenoxy) is 2. The second-order valence-electron chi connectivity index (χ2n) is 7.07. The molecule has 0 aromatic heterocycles. The zero-order valence-corrected chi connectivity index (χ0v) is 17.6. The van der Waals surface area contributed by atoms with Crippen molar-refractivity contribution in [3.8, 4) is 5.75 Å². The van der Waals surface area contributed by atoms with E-state index in [1.807, 2.05) is 6.07 Å². The number of esters is 1. The van der Waals surface area contributed by atoms with Gasteiger partial charge < -0.3 is 20.9 Å². The molecular formula is C23H29N3O5. The summed E-state index contributed by atoms with van der Waals surface area (Å²) in [6, 6.07) is 15.3. The number of hydrogen-bond donors (Lipinski definition) is 2. The zero-order valence-electron chi connectivity index (χ0n) is 17.6. The van der Waals surface area contributed by atoms with Gasteiger partial charge >= 0.3 is 12.1 Å². The van der Waals surface area contributed by atoms with E-state index in [-0.39, 0.29) is 13.0 Å². The van der Waals surface area contributed by atoms with Gasteiger partial charge in [0.05, 0.1) is 6.04 Å². The summed E-state index contributed by atoms with van der Waals surface area (Å²) in [4.78, 5) is 39.4. The lowest BCUT2D eigenvalue weighted by Crippen LogP contribution is -2.54. The minimum Gasteiger partial charge on any atom is -0.444 e. The van der Waals surface area contributed by atoms with Crippen molar-refractivity contribution in [1.82, 2.24) is 4.90 Å². The van der Waals surface area contributed by atoms with Crippen LogP contribution in [0.1, 0.15) is 31.7 Å². The number of hydrogen-bond acceptors (Lipinski definition) is 7. The van der Waals surface area contributed by atoms with E-state index in [0.717, 1.165) is 10.5 Å². The predicted molar refractivity (Wildman–Crippen MR) is 116 cm³/mol. The summed E-state index contributed by atoms with van der Waals surface area (Å²) < 4.78 is 10.7. The molecule has 2 aromatic rings. The molecule has 0 saturated carbocycles. The molecule has 0 unspecified atom stereocenters. The molecule has 0 radical (unpaired) electrons. The van der Waals surface area contributed by atoms with Crippen LogP contribution in [0.25, 0.3) is 0 Å². The van der Waals surface area contributed by atoms with Crippen molar-refractivity contribution in [2.75, 3.05) is 6.54 Å². The number of benzene rings is 2. The zero-order chi connectivity index (χ0) is 22.6. The number of amides is 2. The minimum atomic E-state index is -1.19. The number of nitrogens with two attached hydrogens (primary N) is 2. The molecule has 0 heterocycles. The smallest absolute Gasteiger partial charge is 0.417 e. The monoisotopic (exact) mass is 427 g/mol. The van der Waals surface area contributed by atoms with Crippen molar-refractivity contribution in [3.05, 3.63) is 66.2 Å². The minimum absolute atomic E-state index is 0.0499. The normalized spacial score (nSPS) is 12.5. The van der Waals surface area contributed by atoms with Gasteiger partial charge in [-0.2, -0.15) is 0 Å². The van der Waals surface area contributed by atoms with Crippen LogP contribution in [0.3, 0.4) is 0 Å². The number of rotatable bonds is 10. The third-order valence-corrected chi connectivity index (χ3v) is 4.51. The van der Waals surface area contributed by atoms with Crippen molar-refractivity contribution >= 4 is 18.0 Å². The van der Waals surface area contributed by atoms with Gasteiger partial charge in [0, 0.05) is 0 Å². The Balaban J connectivity index is 2.24. The van der Waals surface area contributed by atoms with E-state index in [1.54, 1.807) is 54.6 Å². The van der Waals surface area contributed by atoms with Gasteiger partial charge in [-0.3, -0.25) is 4.79 Å². The Morgan fingerprint density at radius 3 is 2.16 bits per heavy atom. The molecule has 0 aliphatic carbocycles. The Morgan fingerprint density at radius 2 is 1.58 bits per heavy atom. The van der Waals surface area contributed by atoms with Gasteiger partial charge in [-0.05, 0) is 50.4 Å². The van der Waals surface area contributed by atoms with E-state index in [2.05, 4.69) is 0 Å². The maximum absolute atomic E-state index is 13.0. The van der Waals surface area contributed by atoms with Crippen LogP contribution in [0.15, 0.2) is 60.7 Å². The molecule has 2 amide bonds. The molecule has 2 aromatic carbocycles. The molecule has 0 bridgehead atoms. The molecular weight excluding hydrogens is 398 g/mol. The summed E-state index contributed by atoms with van der Waals surface area (Å²) in [6.45, 7) is 1.81. The molecule has 8 heteroatoms. The van der Waals surface area contributed by atoms with Gasteiger partial charge in [0.2, 0.25) is 5.91 Å². The lowest BCUT2D eigenvalue weighted by Gasteiger charge is -2.29. The molecule has 0 saturated heterocycles. The highest BCUT2D eigenvalue weighted by Crippen LogP contribution is 2.18. The predicted octanol–water partition coefficient (Wildman–Crippen LogP) is 2.60. The first kappa shape index (κ1) is 24.0. The van der Waals surface area contributed by atoms with Crippen molar-refractivity contribution in [3.63, 3.8) is 0 Å². The van der Waals surface area contributed by atoms with Crippen LogP contribution in [-0.4, -0.2) is 41.5 Å². The molecule has 31 heavy (non-hydrogen) atoms. The summed E-state index contributed by atoms with van der Waals surface area (Å²) in [7, 11) is 0. The number of carbonyl (C=O) groups excluding carboxylic acids is 3. The van der Waals surface area contributed by atoms with Gasteiger partial charge in [-0.1, -0.05) is 48.5 Å². The second kappa shape index (κ2) is 12.5. The van der Waals surface area contributed by atoms with E-state index in [4.69, 9.17) is 20.9 Å². The highest BCUT2D eigenvalue weighted by atomic mass is 16.6. The van der Waals surface area contributed by atoms with E-state index in [0.29, 0.717) is 25.1 Å². The molecule has 0 aliphatic heterocycles. The molecule has 4 N–H and O–H groups in total. The molecule has 0 aliphatic rings. The standard InChI is InChI=1S/C23H29N3O5/c1-17(25)21(27)26(23(29)30-16-18-10-4-2-5-11-18)20(14-8-9-15-24)22(28)31-19-12-6-3-7-13-19/h2-7,10-13,17,20H,8-9,14-16,24-25H2,1H3/t17-,20-/m0/s1. The van der Waals surface area contributed by atoms with Gasteiger partial charge in [0.1, 0.15) is 18.4 Å². The van der Waals surface area contributed by atoms with E-state index >= 15 is 0 Å². The van der Waals surface area contributed by atoms with Crippen molar-refractivity contribution in [1.29, 1.82) is 0 Å². The van der Waals surface area contributed by atoms with Crippen LogP contribution in [0.5, 0.6) is 5.75 Å². The average molecular weight is 428 g/mol. The number of nitrogens with zero attached hydrogens (tertiary/aromatic N) is 1. The second-order valence-corrected chi connectivity index (χ2v) is 7.07. The Hall–Kier alpha value is -3.23. The first-order valence-corrected chi connectivity index (χ1v) is 10.2. The number of carbonyl (C=O) groups is 3. The van der Waals surface area contributed by atoms with Crippen LogP contribution in [0.4, 0.5) is 4.79 Å². The van der Waals surface area contributed by atoms with E-state index in [1.165, 1.54) is 6.92 Å². The molecule has 0 spiro atoms. The fourth-order valence-electron chi connectivity index (χ4n) is 2.89. The summed E-state index contributed by atoms with van der Waals surface area (Å²) in [5.41, 5.74) is 12.1. The largest absolute Gasteiger partial charge is 0.444 e. The molecule has 2 rings (SSSR count). The van der Waals surface area contributed by atoms with Crippen LogP contribution in [0, 0.1) is 0 Å². The summed E-state index contributed by atoms with van der Waals surface area (Å²) in [5, 5.41) is 0. The summed E-state index contributed by atoms with van der Waals surface area (Å²) in [6.07, 6.45) is 0.365. The maximum atomic E-state index is 13.0. The van der Waals surface area contributed by atoms with Gasteiger partial charge in [-0.15, -0.1) is 0 Å². The molecule has 2 atom stereocenters. The molecule has 166 valence electrons. The highest BCUT2D eigenvalue weighted by Gasteiger charge is 2.38. The van der Waals surface area contributed by atoms with Crippen LogP contribution in [0.2, 0.25) is 0 Å². The third-order valence-electron chi connectivity index (χ3n) is 4.51. The van der Waals surface area contributed by atoms with Crippen LogP contribution >= 0.6 is 0 Å². The Kier molecular flexibility index (Phi) is 9.67. The van der Waals surface area contributed by atoms with Gasteiger partial charge in [0.15, 0.2) is 0 Å². The first-order valence-electron chi connectivity index (χ1n) is 10.2. The van der Waals surface area contributed by atoms with Crippen molar-refractivity contribution in [2.24, 2.45) is 11.5 Å². The lowest BCUT2D eigenvalue weighted by atomic mass is 10.1. The van der Waals surface area contributed by atoms with Crippen molar-refractivity contribution < 1.29 is 23.9 Å². The highest BCUT2D eigenvalue weighted by molar-refractivity contribution is 5.99. The van der Waals surface area contributed by atoms with Crippen molar-refractivity contribution in [2.45, 2.75) is 44.9 Å². The number of unbranched alkanes of at least 4 members (excludes halogenated alkanes) is 1. The number of imide groups is 1. The topological polar surface area (TPSA) is 125 Å². The Bertz CT molecular complexity index is 843. The molecule has 8 nitrogen and oxygen atoms in total. The van der Waals surface area contributed by atoms with E-state index in [9.17, 15) is 14.4 Å². The summed E-state index contributed by atoms with van der Waals surface area (Å²) in [5.74, 6) is -1.16. The maximum Gasteiger partial charge on any atom is 0.417 e. The SMILES string of the molecule is C[C@H](N)C(=O)N(C(=O)OCc1ccccc1)[C@@H](CCCCN)C(=O)Oc1ccccc1. The lowest BCUT2D eigenvalue weighted by molar-refractivity contribution is -0.147. The summed E-state index contributed by atoms with van der Waals surface area (Å²) >= 11 is 0. The van der Waals surface area contributed by atoms with E-state index < -0.39 is 30.1 Å². The average Bonchev–Trinajstić information content (AvgIpc) is 2.78. The van der Waals surface area contributed by atoms with Crippen LogP contribution in [-0.2, 0) is 20.9 Å².